The van der Waals surface area contributed by atoms with Crippen molar-refractivity contribution < 1.29 is 9.18 Å². The molecule has 2 aromatic carbocycles. The Labute approximate surface area is 175 Å². The number of halogens is 1. The molecule has 0 saturated heterocycles. The number of benzene rings is 2. The maximum absolute atomic E-state index is 13.3. The molecule has 0 radical (unpaired) electrons. The second-order valence-corrected chi connectivity index (χ2v) is 8.54. The molecule has 0 unspecified atom stereocenters. The van der Waals surface area contributed by atoms with Crippen molar-refractivity contribution in [2.75, 3.05) is 16.8 Å². The molecule has 2 heterocycles. The van der Waals surface area contributed by atoms with Gasteiger partial charge in [-0.05, 0) is 23.8 Å². The lowest BCUT2D eigenvalue weighted by atomic mass is 10.2. The molecule has 0 spiro atoms. The van der Waals surface area contributed by atoms with Crippen LogP contribution in [0.2, 0.25) is 0 Å². The first kappa shape index (κ1) is 19.7. The molecule has 1 aliphatic rings. The Morgan fingerprint density at radius 3 is 2.83 bits per heavy atom. The molecule has 5 nitrogen and oxygen atoms in total. The van der Waals surface area contributed by atoms with E-state index in [2.05, 4.69) is 10.3 Å². The Morgan fingerprint density at radius 2 is 2.03 bits per heavy atom. The number of hydrogen-bond acceptors (Lipinski definition) is 5. The molecule has 1 aromatic heterocycles. The minimum atomic E-state index is -0.412. The van der Waals surface area contributed by atoms with Crippen LogP contribution in [0.5, 0.6) is 0 Å². The highest BCUT2D eigenvalue weighted by Gasteiger charge is 2.22. The Kier molecular flexibility index (Phi) is 6.01. The third-order valence-electron chi connectivity index (χ3n) is 4.37. The summed E-state index contributed by atoms with van der Waals surface area (Å²) in [5, 5.41) is 3.19. The Hall–Kier alpha value is -2.58. The lowest BCUT2D eigenvalue weighted by Gasteiger charge is -2.14. The van der Waals surface area contributed by atoms with Gasteiger partial charge in [0.15, 0.2) is 5.16 Å². The number of anilines is 1. The van der Waals surface area contributed by atoms with Gasteiger partial charge in [-0.25, -0.2) is 9.37 Å². The average molecular weight is 428 g/mol. The summed E-state index contributed by atoms with van der Waals surface area (Å²) in [4.78, 5) is 30.7. The van der Waals surface area contributed by atoms with Gasteiger partial charge in [0, 0.05) is 17.9 Å². The van der Waals surface area contributed by atoms with E-state index in [4.69, 9.17) is 0 Å². The average Bonchev–Trinajstić information content (AvgIpc) is 3.18. The fourth-order valence-corrected chi connectivity index (χ4v) is 4.89. The maximum Gasteiger partial charge on any atom is 0.268 e. The van der Waals surface area contributed by atoms with E-state index in [9.17, 15) is 14.0 Å². The van der Waals surface area contributed by atoms with Crippen LogP contribution in [0.3, 0.4) is 0 Å². The molecule has 1 aliphatic heterocycles. The predicted molar refractivity (Wildman–Crippen MR) is 114 cm³/mol. The summed E-state index contributed by atoms with van der Waals surface area (Å²) in [6.07, 6.45) is 0.754. The van der Waals surface area contributed by atoms with Gasteiger partial charge in [-0.2, -0.15) is 0 Å². The van der Waals surface area contributed by atoms with E-state index in [0.717, 1.165) is 23.4 Å². The van der Waals surface area contributed by atoms with Crippen molar-refractivity contribution in [1.82, 2.24) is 9.55 Å². The second-order valence-electron chi connectivity index (χ2n) is 6.49. The highest BCUT2D eigenvalue weighted by molar-refractivity contribution is 8.00. The van der Waals surface area contributed by atoms with Crippen LogP contribution < -0.4 is 10.9 Å². The SMILES string of the molecule is O=C(CSc1nc2c(c(=O)n1Cc1ccccc1)SCC2)Nc1cccc(F)c1. The van der Waals surface area contributed by atoms with Crippen molar-refractivity contribution in [3.63, 3.8) is 0 Å². The van der Waals surface area contributed by atoms with Gasteiger partial charge in [-0.15, -0.1) is 11.8 Å². The summed E-state index contributed by atoms with van der Waals surface area (Å²) in [6, 6.07) is 15.4. The summed E-state index contributed by atoms with van der Waals surface area (Å²) in [7, 11) is 0. The van der Waals surface area contributed by atoms with Gasteiger partial charge in [0.25, 0.3) is 5.56 Å². The van der Waals surface area contributed by atoms with E-state index < -0.39 is 5.82 Å². The van der Waals surface area contributed by atoms with Crippen LogP contribution in [0.15, 0.2) is 69.4 Å². The number of carbonyl (C=O) groups is 1. The molecule has 0 atom stereocenters. The number of fused-ring (bicyclic) bond motifs is 1. The summed E-state index contributed by atoms with van der Waals surface area (Å²) >= 11 is 2.75. The molecule has 1 amide bonds. The largest absolute Gasteiger partial charge is 0.325 e. The summed E-state index contributed by atoms with van der Waals surface area (Å²) in [5.74, 6) is 0.224. The van der Waals surface area contributed by atoms with Gasteiger partial charge >= 0.3 is 0 Å². The monoisotopic (exact) mass is 427 g/mol. The predicted octanol–water partition coefficient (Wildman–Crippen LogP) is 3.81. The van der Waals surface area contributed by atoms with Crippen molar-refractivity contribution in [3.05, 3.63) is 82.0 Å². The van der Waals surface area contributed by atoms with Crippen molar-refractivity contribution in [1.29, 1.82) is 0 Å². The topological polar surface area (TPSA) is 64.0 Å². The van der Waals surface area contributed by atoms with Gasteiger partial charge in [0.1, 0.15) is 5.82 Å². The van der Waals surface area contributed by atoms with Crippen LogP contribution in [0, 0.1) is 5.82 Å². The number of rotatable bonds is 6. The van der Waals surface area contributed by atoms with E-state index >= 15 is 0 Å². The molecule has 0 aliphatic carbocycles. The van der Waals surface area contributed by atoms with Crippen LogP contribution in [0.25, 0.3) is 0 Å². The molecular weight excluding hydrogens is 409 g/mol. The van der Waals surface area contributed by atoms with E-state index in [1.54, 1.807) is 10.6 Å². The molecule has 1 N–H and O–H groups in total. The third-order valence-corrected chi connectivity index (χ3v) is 6.46. The molecule has 0 saturated carbocycles. The zero-order valence-electron chi connectivity index (χ0n) is 15.4. The highest BCUT2D eigenvalue weighted by atomic mass is 32.2. The number of carbonyl (C=O) groups excluding carboxylic acids is 1. The minimum absolute atomic E-state index is 0.0607. The molecule has 29 heavy (non-hydrogen) atoms. The van der Waals surface area contributed by atoms with Gasteiger partial charge in [0.05, 0.1) is 22.9 Å². The smallest absolute Gasteiger partial charge is 0.268 e. The van der Waals surface area contributed by atoms with Crippen molar-refractivity contribution >= 4 is 35.1 Å². The van der Waals surface area contributed by atoms with Crippen LogP contribution >= 0.6 is 23.5 Å². The molecule has 0 bridgehead atoms. The third kappa shape index (κ3) is 4.71. The quantitative estimate of drug-likeness (QED) is 0.479. The number of amides is 1. The Balaban J connectivity index is 1.55. The summed E-state index contributed by atoms with van der Waals surface area (Å²) < 4.78 is 14.9. The molecule has 4 rings (SSSR count). The van der Waals surface area contributed by atoms with E-state index in [-0.39, 0.29) is 17.2 Å². The number of aryl methyl sites for hydroxylation is 1. The molecule has 0 fully saturated rings. The van der Waals surface area contributed by atoms with Gasteiger partial charge in [-0.3, -0.25) is 14.2 Å². The van der Waals surface area contributed by atoms with Gasteiger partial charge in [-0.1, -0.05) is 48.2 Å². The van der Waals surface area contributed by atoms with E-state index in [1.807, 2.05) is 30.3 Å². The molecular formula is C21H18FN3O2S2. The molecule has 3 aromatic rings. The first-order valence-corrected chi connectivity index (χ1v) is 11.1. The normalized spacial score (nSPS) is 12.6. The molecule has 148 valence electrons. The first-order valence-electron chi connectivity index (χ1n) is 9.09. The second kappa shape index (κ2) is 8.84. The summed E-state index contributed by atoms with van der Waals surface area (Å²) in [5.41, 5.74) is 2.13. The van der Waals surface area contributed by atoms with Crippen molar-refractivity contribution in [3.8, 4) is 0 Å². The van der Waals surface area contributed by atoms with Crippen molar-refractivity contribution in [2.24, 2.45) is 0 Å². The van der Waals surface area contributed by atoms with E-state index in [0.29, 0.717) is 22.3 Å². The highest BCUT2D eigenvalue weighted by Crippen LogP contribution is 2.29. The maximum atomic E-state index is 13.3. The minimum Gasteiger partial charge on any atom is -0.325 e. The van der Waals surface area contributed by atoms with Crippen LogP contribution in [0.1, 0.15) is 11.3 Å². The lowest BCUT2D eigenvalue weighted by Crippen LogP contribution is -2.26. The Morgan fingerprint density at radius 1 is 1.21 bits per heavy atom. The standard InChI is InChI=1S/C21H18FN3O2S2/c22-15-7-4-8-16(11-15)23-18(26)13-29-21-24-17-9-10-28-19(17)20(27)25(21)12-14-5-2-1-3-6-14/h1-8,11H,9-10,12-13H2,(H,23,26). The fourth-order valence-electron chi connectivity index (χ4n) is 3.03. The fraction of sp³-hybridized carbons (Fsp3) is 0.190. The molecule has 8 heteroatoms. The lowest BCUT2D eigenvalue weighted by molar-refractivity contribution is -0.113. The van der Waals surface area contributed by atoms with Crippen molar-refractivity contribution in [2.45, 2.75) is 23.0 Å². The zero-order valence-corrected chi connectivity index (χ0v) is 17.1. The number of nitrogens with one attached hydrogen (secondary N) is 1. The number of nitrogens with zero attached hydrogens (tertiary/aromatic N) is 2. The van der Waals surface area contributed by atoms with E-state index in [1.165, 1.54) is 41.7 Å². The Bertz CT molecular complexity index is 1100. The van der Waals surface area contributed by atoms with Crippen LogP contribution in [0.4, 0.5) is 10.1 Å². The van der Waals surface area contributed by atoms with Gasteiger partial charge in [0.2, 0.25) is 5.91 Å². The number of thioether (sulfide) groups is 2. The van der Waals surface area contributed by atoms with Gasteiger partial charge < -0.3 is 5.32 Å². The number of aromatic nitrogens is 2. The summed E-state index contributed by atoms with van der Waals surface area (Å²) in [6.45, 7) is 0.397. The van der Waals surface area contributed by atoms with Crippen LogP contribution in [-0.4, -0.2) is 27.0 Å². The number of hydrogen-bond donors (Lipinski definition) is 1. The zero-order chi connectivity index (χ0) is 20.2. The van der Waals surface area contributed by atoms with Crippen LogP contribution in [-0.2, 0) is 17.8 Å². The first-order chi connectivity index (χ1) is 14.1.